The molecule has 0 aromatic heterocycles. The van der Waals surface area contributed by atoms with Crippen molar-refractivity contribution in [3.8, 4) is 5.75 Å². The van der Waals surface area contributed by atoms with E-state index in [4.69, 9.17) is 9.47 Å². The first-order chi connectivity index (χ1) is 23.9. The SMILES string of the molecule is Cc1ccc(N(C)CCOc2ccc(C[C@H](NC(=O)OC(C)(C)C)[C@H](O)CNC[C@@H](O)[C@H](Cc3ccccc3)N(C(=O)O)C(C)(C)C)cc2)cc1. The molecule has 3 rings (SSSR count). The maximum atomic E-state index is 12.8. The Morgan fingerprint density at radius 1 is 0.804 bits per heavy atom. The summed E-state index contributed by atoms with van der Waals surface area (Å²) in [6, 6.07) is 23.8. The van der Waals surface area contributed by atoms with Crippen LogP contribution in [0.15, 0.2) is 78.9 Å². The summed E-state index contributed by atoms with van der Waals surface area (Å²) < 4.78 is 11.5. The van der Waals surface area contributed by atoms with Gasteiger partial charge in [-0.2, -0.15) is 0 Å². The van der Waals surface area contributed by atoms with Gasteiger partial charge in [-0.3, -0.25) is 4.90 Å². The second kappa shape index (κ2) is 18.8. The number of aliphatic hydroxyl groups excluding tert-OH is 2. The number of ether oxygens (including phenoxy) is 2. The van der Waals surface area contributed by atoms with E-state index in [1.165, 1.54) is 10.5 Å². The second-order valence-corrected chi connectivity index (χ2v) is 15.1. The van der Waals surface area contributed by atoms with Gasteiger partial charge >= 0.3 is 12.2 Å². The number of nitrogens with one attached hydrogen (secondary N) is 2. The molecule has 0 aliphatic carbocycles. The van der Waals surface area contributed by atoms with Crippen molar-refractivity contribution in [3.63, 3.8) is 0 Å². The zero-order valence-electron chi connectivity index (χ0n) is 31.4. The molecule has 3 aromatic rings. The fourth-order valence-electron chi connectivity index (χ4n) is 5.79. The van der Waals surface area contributed by atoms with E-state index in [0.29, 0.717) is 31.7 Å². The smallest absolute Gasteiger partial charge is 0.408 e. The number of likely N-dealkylation sites (N-methyl/N-ethyl adjacent to an activating group) is 1. The van der Waals surface area contributed by atoms with E-state index in [2.05, 4.69) is 46.7 Å². The lowest BCUT2D eigenvalue weighted by atomic mass is 9.94. The maximum absolute atomic E-state index is 12.8. The van der Waals surface area contributed by atoms with Gasteiger partial charge in [0, 0.05) is 31.4 Å². The van der Waals surface area contributed by atoms with E-state index in [0.717, 1.165) is 16.8 Å². The lowest BCUT2D eigenvalue weighted by molar-refractivity contribution is 0.00615. The van der Waals surface area contributed by atoms with E-state index in [-0.39, 0.29) is 13.1 Å². The van der Waals surface area contributed by atoms with Crippen molar-refractivity contribution in [1.82, 2.24) is 15.5 Å². The molecule has 5 N–H and O–H groups in total. The zero-order valence-corrected chi connectivity index (χ0v) is 31.4. The first-order valence-corrected chi connectivity index (χ1v) is 17.5. The summed E-state index contributed by atoms with van der Waals surface area (Å²) in [6.45, 7) is 14.0. The summed E-state index contributed by atoms with van der Waals surface area (Å²) in [7, 11) is 2.02. The lowest BCUT2D eigenvalue weighted by Crippen LogP contribution is -2.58. The summed E-state index contributed by atoms with van der Waals surface area (Å²) in [5, 5.41) is 38.7. The fraction of sp³-hybridized carbons (Fsp3) is 0.500. The van der Waals surface area contributed by atoms with Gasteiger partial charge in [0.25, 0.3) is 0 Å². The topological polar surface area (TPSA) is 144 Å². The van der Waals surface area contributed by atoms with E-state index >= 15 is 0 Å². The Morgan fingerprint density at radius 2 is 1.39 bits per heavy atom. The number of nitrogens with zero attached hydrogens (tertiary/aromatic N) is 2. The minimum Gasteiger partial charge on any atom is -0.492 e. The molecule has 0 spiro atoms. The molecule has 11 heteroatoms. The van der Waals surface area contributed by atoms with Gasteiger partial charge in [-0.1, -0.05) is 60.2 Å². The molecule has 11 nitrogen and oxygen atoms in total. The van der Waals surface area contributed by atoms with Crippen molar-refractivity contribution in [1.29, 1.82) is 0 Å². The molecule has 0 bridgehead atoms. The van der Waals surface area contributed by atoms with Gasteiger partial charge in [0.05, 0.1) is 30.8 Å². The third kappa shape index (κ3) is 14.1. The van der Waals surface area contributed by atoms with Crippen molar-refractivity contribution in [2.24, 2.45) is 0 Å². The first kappa shape index (κ1) is 41.1. The Morgan fingerprint density at radius 3 is 1.96 bits per heavy atom. The van der Waals surface area contributed by atoms with Crippen LogP contribution in [0.3, 0.4) is 0 Å². The minimum atomic E-state index is -1.13. The quantitative estimate of drug-likeness (QED) is 0.120. The molecule has 0 unspecified atom stereocenters. The molecule has 0 aliphatic heterocycles. The van der Waals surface area contributed by atoms with E-state index in [9.17, 15) is 24.9 Å². The van der Waals surface area contributed by atoms with Crippen molar-refractivity contribution in [3.05, 3.63) is 95.6 Å². The van der Waals surface area contributed by atoms with E-state index in [1.807, 2.05) is 61.6 Å². The summed E-state index contributed by atoms with van der Waals surface area (Å²) in [6.07, 6.45) is -3.33. The molecular weight excluding hydrogens is 648 g/mol. The van der Waals surface area contributed by atoms with Gasteiger partial charge in [0.2, 0.25) is 0 Å². The Balaban J connectivity index is 1.65. The molecule has 4 atom stereocenters. The standard InChI is InChI=1S/C40H58N4O7/c1-28-14-18-31(19-15-28)43(8)22-23-50-32-20-16-30(17-21-32)24-33(42-37(47)51-40(5,6)7)35(45)26-41-27-36(46)34(25-29-12-10-9-11-13-29)44(38(48)49)39(2,3)4/h9-21,33-36,41,45-46H,22-27H2,1-8H3,(H,42,47)(H,48,49)/t33-,34-,35+,36+/m0/s1. The number of rotatable bonds is 17. The number of alkyl carbamates (subject to hydrolysis) is 1. The molecule has 3 aromatic carbocycles. The molecule has 280 valence electrons. The van der Waals surface area contributed by atoms with Gasteiger partial charge in [-0.15, -0.1) is 0 Å². The normalized spacial score (nSPS) is 14.2. The highest BCUT2D eigenvalue weighted by atomic mass is 16.6. The van der Waals surface area contributed by atoms with Crippen molar-refractivity contribution in [2.75, 3.05) is 38.2 Å². The van der Waals surface area contributed by atoms with Crippen LogP contribution in [0.2, 0.25) is 0 Å². The van der Waals surface area contributed by atoms with E-state index < -0.39 is 47.6 Å². The molecule has 0 radical (unpaired) electrons. The third-order valence-corrected chi connectivity index (χ3v) is 8.41. The van der Waals surface area contributed by atoms with Gasteiger partial charge in [0.15, 0.2) is 0 Å². The van der Waals surface area contributed by atoms with Gasteiger partial charge < -0.3 is 40.3 Å². The summed E-state index contributed by atoms with van der Waals surface area (Å²) in [5.41, 5.74) is 2.58. The van der Waals surface area contributed by atoms with Crippen LogP contribution in [0.1, 0.15) is 58.2 Å². The lowest BCUT2D eigenvalue weighted by Gasteiger charge is -2.42. The van der Waals surface area contributed by atoms with Crippen LogP contribution < -0.4 is 20.3 Å². The summed E-state index contributed by atoms with van der Waals surface area (Å²) >= 11 is 0. The minimum absolute atomic E-state index is 0.0126. The number of amides is 2. The fourth-order valence-corrected chi connectivity index (χ4v) is 5.79. The molecule has 0 fully saturated rings. The highest BCUT2D eigenvalue weighted by Gasteiger charge is 2.37. The molecule has 0 aliphatic rings. The number of hydrogen-bond acceptors (Lipinski definition) is 8. The van der Waals surface area contributed by atoms with Gasteiger partial charge in [0.1, 0.15) is 18.0 Å². The van der Waals surface area contributed by atoms with Crippen molar-refractivity contribution >= 4 is 17.9 Å². The van der Waals surface area contributed by atoms with Crippen LogP contribution in [0.5, 0.6) is 5.75 Å². The van der Waals surface area contributed by atoms with Crippen LogP contribution in [0, 0.1) is 6.92 Å². The zero-order chi connectivity index (χ0) is 37.8. The Labute approximate surface area is 303 Å². The average molecular weight is 707 g/mol. The molecule has 0 saturated heterocycles. The highest BCUT2D eigenvalue weighted by Crippen LogP contribution is 2.23. The Bertz CT molecular complexity index is 1490. The summed E-state index contributed by atoms with van der Waals surface area (Å²) in [5.74, 6) is 0.708. The summed E-state index contributed by atoms with van der Waals surface area (Å²) in [4.78, 5) is 28.6. The molecule has 0 heterocycles. The Hall–Kier alpha value is -4.32. The molecule has 2 amide bonds. The first-order valence-electron chi connectivity index (χ1n) is 17.5. The van der Waals surface area contributed by atoms with Gasteiger partial charge in [-0.05, 0) is 96.7 Å². The third-order valence-electron chi connectivity index (χ3n) is 8.41. The largest absolute Gasteiger partial charge is 0.492 e. The maximum Gasteiger partial charge on any atom is 0.408 e. The number of anilines is 1. The monoisotopic (exact) mass is 706 g/mol. The predicted octanol–water partition coefficient (Wildman–Crippen LogP) is 5.65. The number of carbonyl (C=O) groups excluding carboxylic acids is 1. The van der Waals surface area contributed by atoms with Crippen molar-refractivity contribution < 1.29 is 34.4 Å². The van der Waals surface area contributed by atoms with Crippen LogP contribution in [0.4, 0.5) is 15.3 Å². The average Bonchev–Trinajstić information content (AvgIpc) is 3.04. The number of carboxylic acid groups (broad SMARTS) is 1. The van der Waals surface area contributed by atoms with Crippen LogP contribution in [0.25, 0.3) is 0 Å². The second-order valence-electron chi connectivity index (χ2n) is 15.1. The predicted molar refractivity (Wildman–Crippen MR) is 202 cm³/mol. The number of aliphatic hydroxyl groups is 2. The van der Waals surface area contributed by atoms with Crippen LogP contribution in [-0.4, -0.2) is 101 Å². The van der Waals surface area contributed by atoms with E-state index in [1.54, 1.807) is 41.5 Å². The van der Waals surface area contributed by atoms with Crippen LogP contribution in [-0.2, 0) is 17.6 Å². The Kier molecular flexibility index (Phi) is 15.1. The number of carbonyl (C=O) groups is 2. The molecule has 51 heavy (non-hydrogen) atoms. The van der Waals surface area contributed by atoms with Crippen LogP contribution >= 0.6 is 0 Å². The highest BCUT2D eigenvalue weighted by molar-refractivity contribution is 5.68. The number of benzene rings is 3. The molecular formula is C40H58N4O7. The van der Waals surface area contributed by atoms with Crippen molar-refractivity contribution in [2.45, 2.75) is 96.7 Å². The number of hydrogen-bond donors (Lipinski definition) is 5. The number of aryl methyl sites for hydroxylation is 1. The molecule has 0 saturated carbocycles. The van der Waals surface area contributed by atoms with Gasteiger partial charge in [-0.25, -0.2) is 9.59 Å².